The maximum atomic E-state index is 10.8. The van der Waals surface area contributed by atoms with Crippen molar-refractivity contribution in [2.24, 2.45) is 0 Å². The van der Waals surface area contributed by atoms with Crippen molar-refractivity contribution in [2.75, 3.05) is 0 Å². The van der Waals surface area contributed by atoms with Crippen molar-refractivity contribution < 1.29 is 24.0 Å². The molecule has 1 heterocycles. The molecule has 0 aliphatic rings. The number of carboxylic acid groups (broad SMARTS) is 1. The molecule has 0 unspecified atom stereocenters. The van der Waals surface area contributed by atoms with Crippen LogP contribution < -0.4 is 4.74 Å². The van der Waals surface area contributed by atoms with E-state index in [0.717, 1.165) is 6.07 Å². The minimum atomic E-state index is -1.26. The quantitative estimate of drug-likeness (QED) is 0.682. The third kappa shape index (κ3) is 2.83. The van der Waals surface area contributed by atoms with E-state index in [2.05, 4.69) is 0 Å². The molecule has 0 fully saturated rings. The van der Waals surface area contributed by atoms with Crippen LogP contribution in [-0.4, -0.2) is 16.0 Å². The van der Waals surface area contributed by atoms with Gasteiger partial charge in [0.15, 0.2) is 0 Å². The normalized spacial score (nSPS) is 10.2. The van der Waals surface area contributed by atoms with Crippen molar-refractivity contribution in [1.29, 1.82) is 0 Å². The monoisotopic (exact) mass is 283 g/mol. The second kappa shape index (κ2) is 4.99. The van der Waals surface area contributed by atoms with E-state index in [1.165, 1.54) is 24.3 Å². The molecule has 1 aromatic heterocycles. The lowest BCUT2D eigenvalue weighted by Gasteiger charge is -2.03. The Morgan fingerprint density at radius 1 is 1.37 bits per heavy atom. The number of halogens is 1. The Labute approximate surface area is 111 Å². The van der Waals surface area contributed by atoms with Crippen LogP contribution in [-0.2, 0) is 0 Å². The number of ether oxygens (including phenoxy) is 1. The largest absolute Gasteiger partial charge is 0.475 e. The Morgan fingerprint density at radius 2 is 2.11 bits per heavy atom. The first-order valence-electron chi connectivity index (χ1n) is 4.92. The van der Waals surface area contributed by atoms with Crippen LogP contribution in [0.5, 0.6) is 11.7 Å². The number of benzene rings is 1. The first-order valence-corrected chi connectivity index (χ1v) is 5.30. The highest BCUT2D eigenvalue weighted by atomic mass is 35.5. The number of hydrogen-bond donors (Lipinski definition) is 1. The number of carboxylic acids is 1. The van der Waals surface area contributed by atoms with Gasteiger partial charge in [0.1, 0.15) is 0 Å². The summed E-state index contributed by atoms with van der Waals surface area (Å²) in [6.45, 7) is 0. The minimum Gasteiger partial charge on any atom is -0.475 e. The lowest BCUT2D eigenvalue weighted by atomic mass is 10.3. The number of furan rings is 1. The highest BCUT2D eigenvalue weighted by molar-refractivity contribution is 6.30. The Hall–Kier alpha value is -2.54. The molecule has 0 aliphatic carbocycles. The fraction of sp³-hybridized carbons (Fsp3) is 0. The van der Waals surface area contributed by atoms with Crippen LogP contribution in [0.25, 0.3) is 0 Å². The zero-order chi connectivity index (χ0) is 14.0. The maximum absolute atomic E-state index is 10.8. The highest BCUT2D eigenvalue weighted by Gasteiger charge is 2.18. The SMILES string of the molecule is O=C(O)c1ccc(Oc2ccc(Cl)cc2[N+](=O)[O-])o1. The molecule has 2 rings (SSSR count). The van der Waals surface area contributed by atoms with Crippen molar-refractivity contribution in [3.63, 3.8) is 0 Å². The number of nitrogens with zero attached hydrogens (tertiary/aromatic N) is 1. The smallest absolute Gasteiger partial charge is 0.371 e. The van der Waals surface area contributed by atoms with Gasteiger partial charge in [-0.05, 0) is 18.2 Å². The molecule has 1 N–H and O–H groups in total. The van der Waals surface area contributed by atoms with Gasteiger partial charge in [-0.25, -0.2) is 4.79 Å². The summed E-state index contributed by atoms with van der Waals surface area (Å²) in [4.78, 5) is 20.8. The molecule has 0 spiro atoms. The van der Waals surface area contributed by atoms with Gasteiger partial charge >= 0.3 is 11.7 Å². The topological polar surface area (TPSA) is 103 Å². The second-order valence-electron chi connectivity index (χ2n) is 3.40. The van der Waals surface area contributed by atoms with Crippen molar-refractivity contribution in [3.8, 4) is 11.7 Å². The van der Waals surface area contributed by atoms with E-state index in [9.17, 15) is 14.9 Å². The molecule has 0 saturated carbocycles. The molecule has 98 valence electrons. The second-order valence-corrected chi connectivity index (χ2v) is 3.83. The molecular formula is C11H6ClNO6. The highest BCUT2D eigenvalue weighted by Crippen LogP contribution is 2.34. The van der Waals surface area contributed by atoms with Crippen LogP contribution in [0.1, 0.15) is 10.6 Å². The summed E-state index contributed by atoms with van der Waals surface area (Å²) in [5.41, 5.74) is -0.347. The van der Waals surface area contributed by atoms with Gasteiger partial charge in [-0.3, -0.25) is 10.1 Å². The zero-order valence-electron chi connectivity index (χ0n) is 9.20. The van der Waals surface area contributed by atoms with Crippen LogP contribution in [0.2, 0.25) is 5.02 Å². The Bertz CT molecular complexity index is 650. The fourth-order valence-electron chi connectivity index (χ4n) is 1.32. The molecule has 19 heavy (non-hydrogen) atoms. The van der Waals surface area contributed by atoms with Gasteiger partial charge in [0.05, 0.1) is 4.92 Å². The third-order valence-corrected chi connectivity index (χ3v) is 2.36. The number of nitro groups is 1. The van der Waals surface area contributed by atoms with Gasteiger partial charge in [-0.15, -0.1) is 0 Å². The van der Waals surface area contributed by atoms with Gasteiger partial charge in [-0.1, -0.05) is 11.6 Å². The lowest BCUT2D eigenvalue weighted by Crippen LogP contribution is -1.93. The molecule has 7 nitrogen and oxygen atoms in total. The van der Waals surface area contributed by atoms with Crippen LogP contribution in [0.4, 0.5) is 5.69 Å². The van der Waals surface area contributed by atoms with Crippen molar-refractivity contribution in [1.82, 2.24) is 0 Å². The molecular weight excluding hydrogens is 278 g/mol. The van der Waals surface area contributed by atoms with Gasteiger partial charge in [-0.2, -0.15) is 0 Å². The van der Waals surface area contributed by atoms with E-state index in [-0.39, 0.29) is 28.2 Å². The summed E-state index contributed by atoms with van der Waals surface area (Å²) in [6.07, 6.45) is 0. The first-order chi connectivity index (χ1) is 8.97. The van der Waals surface area contributed by atoms with Crippen molar-refractivity contribution >= 4 is 23.3 Å². The van der Waals surface area contributed by atoms with E-state index in [1.54, 1.807) is 0 Å². The predicted molar refractivity (Wildman–Crippen MR) is 63.8 cm³/mol. The Kier molecular flexibility index (Phi) is 3.39. The van der Waals surface area contributed by atoms with Crippen molar-refractivity contribution in [3.05, 3.63) is 51.2 Å². The molecule has 0 aliphatic heterocycles. The summed E-state index contributed by atoms with van der Waals surface area (Å²) in [5.74, 6) is -1.85. The number of nitro benzene ring substituents is 1. The minimum absolute atomic E-state index is 0.0966. The summed E-state index contributed by atoms with van der Waals surface area (Å²) < 4.78 is 9.96. The molecule has 0 amide bonds. The Balaban J connectivity index is 2.32. The molecule has 0 atom stereocenters. The average Bonchev–Trinajstić information content (AvgIpc) is 2.80. The molecule has 8 heteroatoms. The van der Waals surface area contributed by atoms with Crippen LogP contribution in [0.3, 0.4) is 0 Å². The average molecular weight is 284 g/mol. The summed E-state index contributed by atoms with van der Waals surface area (Å²) in [5, 5.41) is 19.7. The summed E-state index contributed by atoms with van der Waals surface area (Å²) in [7, 11) is 0. The third-order valence-electron chi connectivity index (χ3n) is 2.12. The van der Waals surface area contributed by atoms with E-state index in [0.29, 0.717) is 0 Å². The fourth-order valence-corrected chi connectivity index (χ4v) is 1.48. The number of hydrogen-bond acceptors (Lipinski definition) is 5. The van der Waals surface area contributed by atoms with Crippen LogP contribution in [0.15, 0.2) is 34.7 Å². The molecule has 0 saturated heterocycles. The zero-order valence-corrected chi connectivity index (χ0v) is 9.96. The van der Waals surface area contributed by atoms with E-state index in [1.807, 2.05) is 0 Å². The summed E-state index contributed by atoms with van der Waals surface area (Å²) in [6, 6.07) is 6.26. The molecule has 1 aromatic carbocycles. The number of rotatable bonds is 4. The van der Waals surface area contributed by atoms with Gasteiger partial charge < -0.3 is 14.3 Å². The molecule has 0 bridgehead atoms. The predicted octanol–water partition coefficient (Wildman–Crippen LogP) is 3.33. The molecule has 2 aromatic rings. The van der Waals surface area contributed by atoms with E-state index in [4.69, 9.17) is 25.9 Å². The Morgan fingerprint density at radius 3 is 2.68 bits per heavy atom. The van der Waals surface area contributed by atoms with E-state index >= 15 is 0 Å². The molecule has 0 radical (unpaired) electrons. The van der Waals surface area contributed by atoms with Crippen LogP contribution >= 0.6 is 11.6 Å². The van der Waals surface area contributed by atoms with Crippen LogP contribution in [0, 0.1) is 10.1 Å². The number of carbonyl (C=O) groups is 1. The summed E-state index contributed by atoms with van der Waals surface area (Å²) >= 11 is 5.65. The lowest BCUT2D eigenvalue weighted by molar-refractivity contribution is -0.385. The van der Waals surface area contributed by atoms with Gasteiger partial charge in [0.25, 0.3) is 5.95 Å². The van der Waals surface area contributed by atoms with E-state index < -0.39 is 10.9 Å². The first kappa shape index (κ1) is 12.9. The standard InChI is InChI=1S/C11H6ClNO6/c12-6-1-2-8(7(5-6)13(16)17)18-10-4-3-9(19-10)11(14)15/h1-5H,(H,14,15). The van der Waals surface area contributed by atoms with Crippen molar-refractivity contribution in [2.45, 2.75) is 0 Å². The number of aromatic carboxylic acids is 1. The van der Waals surface area contributed by atoms with Gasteiger partial charge in [0.2, 0.25) is 11.5 Å². The van der Waals surface area contributed by atoms with Gasteiger partial charge in [0, 0.05) is 17.2 Å². The maximum Gasteiger partial charge on any atom is 0.371 e.